The molecule has 0 aromatic heterocycles. The number of anilines is 1. The summed E-state index contributed by atoms with van der Waals surface area (Å²) < 4.78 is 15.3. The summed E-state index contributed by atoms with van der Waals surface area (Å²) in [6.45, 7) is -0.349. The molecule has 0 saturated heterocycles. The summed E-state index contributed by atoms with van der Waals surface area (Å²) in [5.41, 5.74) is 1.01. The van der Waals surface area contributed by atoms with E-state index in [1.165, 1.54) is 25.2 Å². The highest BCUT2D eigenvalue weighted by molar-refractivity contribution is 5.96. The molecule has 0 heterocycles. The van der Waals surface area contributed by atoms with E-state index in [1.807, 2.05) is 18.2 Å². The molecular formula is C18H19NO5. The average molecular weight is 329 g/mol. The molecular weight excluding hydrogens is 310 g/mol. The highest BCUT2D eigenvalue weighted by Crippen LogP contribution is 2.27. The molecule has 2 aromatic carbocycles. The zero-order chi connectivity index (χ0) is 17.5. The van der Waals surface area contributed by atoms with Crippen LogP contribution in [0.3, 0.4) is 0 Å². The van der Waals surface area contributed by atoms with Crippen molar-refractivity contribution in [2.45, 2.75) is 0 Å². The van der Waals surface area contributed by atoms with E-state index in [1.54, 1.807) is 31.3 Å². The van der Waals surface area contributed by atoms with E-state index in [9.17, 15) is 9.59 Å². The number of para-hydroxylation sites is 1. The molecule has 2 aromatic rings. The highest BCUT2D eigenvalue weighted by atomic mass is 16.5. The van der Waals surface area contributed by atoms with Crippen molar-refractivity contribution in [1.29, 1.82) is 0 Å². The smallest absolute Gasteiger partial charge is 0.338 e. The SMILES string of the molecule is COc1ccc(C(=O)OCC(=O)N(C)c2ccccc2)cc1OC. The Morgan fingerprint density at radius 1 is 0.958 bits per heavy atom. The van der Waals surface area contributed by atoms with E-state index in [0.717, 1.165) is 5.69 Å². The third-order valence-electron chi connectivity index (χ3n) is 3.46. The number of hydrogen-bond acceptors (Lipinski definition) is 5. The number of likely N-dealkylation sites (N-methyl/N-ethyl adjacent to an activating group) is 1. The monoisotopic (exact) mass is 329 g/mol. The second-order valence-corrected chi connectivity index (χ2v) is 4.93. The van der Waals surface area contributed by atoms with Crippen LogP contribution in [0.25, 0.3) is 0 Å². The van der Waals surface area contributed by atoms with E-state index < -0.39 is 5.97 Å². The Morgan fingerprint density at radius 3 is 2.25 bits per heavy atom. The van der Waals surface area contributed by atoms with Gasteiger partial charge < -0.3 is 19.1 Å². The fraction of sp³-hybridized carbons (Fsp3) is 0.222. The molecule has 0 aliphatic heterocycles. The van der Waals surface area contributed by atoms with Gasteiger partial charge in [0.25, 0.3) is 5.91 Å². The standard InChI is InChI=1S/C18H19NO5/c1-19(14-7-5-4-6-8-14)17(20)12-24-18(21)13-9-10-15(22-2)16(11-13)23-3/h4-11H,12H2,1-3H3. The van der Waals surface area contributed by atoms with Crippen LogP contribution in [0, 0.1) is 0 Å². The first kappa shape index (κ1) is 17.3. The van der Waals surface area contributed by atoms with Gasteiger partial charge in [0.15, 0.2) is 18.1 Å². The van der Waals surface area contributed by atoms with Crippen molar-refractivity contribution in [2.75, 3.05) is 32.8 Å². The van der Waals surface area contributed by atoms with Gasteiger partial charge in [-0.15, -0.1) is 0 Å². The van der Waals surface area contributed by atoms with Gasteiger partial charge in [-0.05, 0) is 30.3 Å². The van der Waals surface area contributed by atoms with Crippen LogP contribution >= 0.6 is 0 Å². The molecule has 1 amide bonds. The Labute approximate surface area is 140 Å². The molecule has 24 heavy (non-hydrogen) atoms. The Hall–Kier alpha value is -3.02. The number of esters is 1. The molecule has 0 unspecified atom stereocenters. The first-order valence-electron chi connectivity index (χ1n) is 7.27. The maximum Gasteiger partial charge on any atom is 0.338 e. The Kier molecular flexibility index (Phi) is 5.78. The number of carbonyl (C=O) groups excluding carboxylic acids is 2. The van der Waals surface area contributed by atoms with Gasteiger partial charge in [0.05, 0.1) is 19.8 Å². The van der Waals surface area contributed by atoms with Crippen molar-refractivity contribution >= 4 is 17.6 Å². The minimum atomic E-state index is -0.606. The summed E-state index contributed by atoms with van der Waals surface area (Å²) in [4.78, 5) is 25.6. The van der Waals surface area contributed by atoms with Gasteiger partial charge in [0.2, 0.25) is 0 Å². The van der Waals surface area contributed by atoms with Crippen LogP contribution in [0.4, 0.5) is 5.69 Å². The number of methoxy groups -OCH3 is 2. The van der Waals surface area contributed by atoms with Crippen LogP contribution in [0.2, 0.25) is 0 Å². The van der Waals surface area contributed by atoms with Gasteiger partial charge >= 0.3 is 5.97 Å². The molecule has 0 aliphatic rings. The number of benzene rings is 2. The second-order valence-electron chi connectivity index (χ2n) is 4.93. The Bertz CT molecular complexity index is 715. The van der Waals surface area contributed by atoms with Crippen LogP contribution in [-0.4, -0.2) is 39.8 Å². The number of rotatable bonds is 6. The maximum atomic E-state index is 12.1. The van der Waals surface area contributed by atoms with Gasteiger partial charge in [-0.3, -0.25) is 4.79 Å². The zero-order valence-corrected chi connectivity index (χ0v) is 13.8. The predicted molar refractivity (Wildman–Crippen MR) is 89.7 cm³/mol. The molecule has 0 radical (unpaired) electrons. The van der Waals surface area contributed by atoms with Gasteiger partial charge in [-0.25, -0.2) is 4.79 Å². The molecule has 0 spiro atoms. The first-order valence-corrected chi connectivity index (χ1v) is 7.27. The molecule has 0 N–H and O–H groups in total. The molecule has 6 heteroatoms. The lowest BCUT2D eigenvalue weighted by molar-refractivity contribution is -0.121. The van der Waals surface area contributed by atoms with E-state index in [2.05, 4.69) is 0 Å². The van der Waals surface area contributed by atoms with Crippen molar-refractivity contribution in [3.05, 3.63) is 54.1 Å². The van der Waals surface area contributed by atoms with E-state index in [0.29, 0.717) is 11.5 Å². The Balaban J connectivity index is 1.99. The lowest BCUT2D eigenvalue weighted by Crippen LogP contribution is -2.31. The summed E-state index contributed by atoms with van der Waals surface area (Å²) in [5.74, 6) is -0.00518. The Morgan fingerprint density at radius 2 is 1.62 bits per heavy atom. The fourth-order valence-corrected chi connectivity index (χ4v) is 2.07. The van der Waals surface area contributed by atoms with Crippen molar-refractivity contribution in [1.82, 2.24) is 0 Å². The summed E-state index contributed by atoms with van der Waals surface area (Å²) in [6.07, 6.45) is 0. The second kappa shape index (κ2) is 8.01. The quantitative estimate of drug-likeness (QED) is 0.762. The van der Waals surface area contributed by atoms with E-state index >= 15 is 0 Å². The topological polar surface area (TPSA) is 65.1 Å². The molecule has 0 atom stereocenters. The van der Waals surface area contributed by atoms with Crippen LogP contribution in [0.5, 0.6) is 11.5 Å². The average Bonchev–Trinajstić information content (AvgIpc) is 2.65. The largest absolute Gasteiger partial charge is 0.493 e. The summed E-state index contributed by atoms with van der Waals surface area (Å²) in [7, 11) is 4.61. The predicted octanol–water partition coefficient (Wildman–Crippen LogP) is 2.52. The van der Waals surface area contributed by atoms with Crippen molar-refractivity contribution in [3.8, 4) is 11.5 Å². The van der Waals surface area contributed by atoms with Crippen molar-refractivity contribution in [3.63, 3.8) is 0 Å². The lowest BCUT2D eigenvalue weighted by Gasteiger charge is -2.17. The van der Waals surface area contributed by atoms with Gasteiger partial charge in [-0.1, -0.05) is 18.2 Å². The molecule has 0 saturated carbocycles. The molecule has 2 rings (SSSR count). The third kappa shape index (κ3) is 4.04. The summed E-state index contributed by atoms with van der Waals surface area (Å²) >= 11 is 0. The van der Waals surface area contributed by atoms with E-state index in [4.69, 9.17) is 14.2 Å². The first-order chi connectivity index (χ1) is 11.6. The lowest BCUT2D eigenvalue weighted by atomic mass is 10.2. The van der Waals surface area contributed by atoms with Crippen LogP contribution in [0.15, 0.2) is 48.5 Å². The number of nitrogens with zero attached hydrogens (tertiary/aromatic N) is 1. The third-order valence-corrected chi connectivity index (χ3v) is 3.46. The minimum Gasteiger partial charge on any atom is -0.493 e. The number of ether oxygens (including phenoxy) is 3. The number of amides is 1. The van der Waals surface area contributed by atoms with Crippen molar-refractivity contribution < 1.29 is 23.8 Å². The molecule has 0 fully saturated rings. The van der Waals surface area contributed by atoms with Crippen molar-refractivity contribution in [2.24, 2.45) is 0 Å². The van der Waals surface area contributed by atoms with Crippen LogP contribution in [0.1, 0.15) is 10.4 Å². The minimum absolute atomic E-state index is 0.280. The maximum absolute atomic E-state index is 12.1. The highest BCUT2D eigenvalue weighted by Gasteiger charge is 2.16. The van der Waals surface area contributed by atoms with Gasteiger partial charge in [0, 0.05) is 12.7 Å². The van der Waals surface area contributed by atoms with Crippen LogP contribution < -0.4 is 14.4 Å². The summed E-state index contributed by atoms with van der Waals surface area (Å²) in [5, 5.41) is 0. The van der Waals surface area contributed by atoms with Gasteiger partial charge in [-0.2, -0.15) is 0 Å². The molecule has 0 aliphatic carbocycles. The zero-order valence-electron chi connectivity index (χ0n) is 13.8. The fourth-order valence-electron chi connectivity index (χ4n) is 2.07. The molecule has 126 valence electrons. The molecule has 6 nitrogen and oxygen atoms in total. The number of carbonyl (C=O) groups is 2. The van der Waals surface area contributed by atoms with E-state index in [-0.39, 0.29) is 18.1 Å². The number of hydrogen-bond donors (Lipinski definition) is 0. The van der Waals surface area contributed by atoms with Gasteiger partial charge in [0.1, 0.15) is 0 Å². The normalized spacial score (nSPS) is 9.96. The van der Waals surface area contributed by atoms with Crippen LogP contribution in [-0.2, 0) is 9.53 Å². The summed E-state index contributed by atoms with van der Waals surface area (Å²) in [6, 6.07) is 13.8. The molecule has 0 bridgehead atoms.